The molecule has 0 bridgehead atoms. The van der Waals surface area contributed by atoms with Crippen molar-refractivity contribution in [3.05, 3.63) is 30.1 Å². The fraction of sp³-hybridized carbons (Fsp3) is 0.333. The number of nitrogens with one attached hydrogen (secondary N) is 1. The van der Waals surface area contributed by atoms with E-state index in [1.54, 1.807) is 6.07 Å². The second kappa shape index (κ2) is 7.26. The highest BCUT2D eigenvalue weighted by molar-refractivity contribution is 5.81. The van der Waals surface area contributed by atoms with Crippen molar-refractivity contribution in [1.29, 1.82) is 0 Å². The molecule has 0 aliphatic heterocycles. The molecule has 1 amide bonds. The van der Waals surface area contributed by atoms with E-state index < -0.39 is 11.8 Å². The van der Waals surface area contributed by atoms with Gasteiger partial charge in [-0.15, -0.1) is 0 Å². The molecule has 0 heterocycles. The number of amides is 1. The summed E-state index contributed by atoms with van der Waals surface area (Å²) < 4.78 is 22.3. The smallest absolute Gasteiger partial charge is 0.325 e. The van der Waals surface area contributed by atoms with Crippen LogP contribution in [0.1, 0.15) is 6.42 Å². The molecule has 1 aromatic carbocycles. The number of hydrogen-bond acceptors (Lipinski definition) is 4. The molecule has 98 valence electrons. The largest absolute Gasteiger partial charge is 0.493 e. The summed E-state index contributed by atoms with van der Waals surface area (Å²) in [5.41, 5.74) is 0. The van der Waals surface area contributed by atoms with Crippen LogP contribution in [0.2, 0.25) is 0 Å². The van der Waals surface area contributed by atoms with Crippen molar-refractivity contribution in [2.24, 2.45) is 0 Å². The van der Waals surface area contributed by atoms with Gasteiger partial charge in [0.2, 0.25) is 5.91 Å². The van der Waals surface area contributed by atoms with Crippen LogP contribution in [0.15, 0.2) is 24.3 Å². The van der Waals surface area contributed by atoms with Crippen molar-refractivity contribution >= 4 is 11.9 Å². The van der Waals surface area contributed by atoms with Gasteiger partial charge in [-0.05, 0) is 12.1 Å². The first kappa shape index (κ1) is 14.0. The van der Waals surface area contributed by atoms with Crippen molar-refractivity contribution in [3.63, 3.8) is 0 Å². The molecule has 1 N–H and O–H groups in total. The maximum absolute atomic E-state index is 12.8. The molecule has 0 spiro atoms. The lowest BCUT2D eigenvalue weighted by atomic mass is 10.3. The standard InChI is InChI=1S/C12H14FNO4/c1-17-12(16)8-14-11(15)5-6-18-10-4-2-3-9(13)7-10/h2-4,7H,5-6,8H2,1H3,(H,14,15). The molecule has 0 saturated carbocycles. The minimum Gasteiger partial charge on any atom is -0.493 e. The van der Waals surface area contributed by atoms with Gasteiger partial charge in [0.1, 0.15) is 18.1 Å². The molecule has 0 aromatic heterocycles. The number of esters is 1. The summed E-state index contributed by atoms with van der Waals surface area (Å²) in [6.45, 7) is -0.0637. The average molecular weight is 255 g/mol. The summed E-state index contributed by atoms with van der Waals surface area (Å²) in [7, 11) is 1.24. The first-order valence-electron chi connectivity index (χ1n) is 5.33. The third-order valence-corrected chi connectivity index (χ3v) is 2.05. The maximum atomic E-state index is 12.8. The van der Waals surface area contributed by atoms with Crippen LogP contribution in [-0.2, 0) is 14.3 Å². The quantitative estimate of drug-likeness (QED) is 0.766. The molecule has 0 aliphatic rings. The van der Waals surface area contributed by atoms with E-state index in [9.17, 15) is 14.0 Å². The number of carbonyl (C=O) groups excluding carboxylic acids is 2. The van der Waals surface area contributed by atoms with E-state index in [0.29, 0.717) is 5.75 Å². The summed E-state index contributed by atoms with van der Waals surface area (Å²) in [5, 5.41) is 2.36. The van der Waals surface area contributed by atoms with Crippen LogP contribution in [0, 0.1) is 5.82 Å². The highest BCUT2D eigenvalue weighted by Crippen LogP contribution is 2.11. The third kappa shape index (κ3) is 5.29. The number of ether oxygens (including phenoxy) is 2. The summed E-state index contributed by atoms with van der Waals surface area (Å²) in [4.78, 5) is 22.0. The van der Waals surface area contributed by atoms with Gasteiger partial charge in [-0.3, -0.25) is 9.59 Å². The van der Waals surface area contributed by atoms with Gasteiger partial charge in [0.25, 0.3) is 0 Å². The van der Waals surface area contributed by atoms with Gasteiger partial charge in [-0.2, -0.15) is 0 Å². The highest BCUT2D eigenvalue weighted by atomic mass is 19.1. The Bertz CT molecular complexity index is 422. The molecular weight excluding hydrogens is 241 g/mol. The van der Waals surface area contributed by atoms with Gasteiger partial charge in [0.05, 0.1) is 20.1 Å². The Balaban J connectivity index is 2.21. The summed E-state index contributed by atoms with van der Waals surface area (Å²) in [6.07, 6.45) is 0.0769. The van der Waals surface area contributed by atoms with Crippen molar-refractivity contribution in [2.75, 3.05) is 20.3 Å². The fourth-order valence-electron chi connectivity index (χ4n) is 1.15. The lowest BCUT2D eigenvalue weighted by Crippen LogP contribution is -2.30. The molecule has 0 radical (unpaired) electrons. The zero-order valence-electron chi connectivity index (χ0n) is 9.94. The van der Waals surface area contributed by atoms with E-state index >= 15 is 0 Å². The highest BCUT2D eigenvalue weighted by Gasteiger charge is 2.05. The molecule has 0 aliphatic carbocycles. The lowest BCUT2D eigenvalue weighted by Gasteiger charge is -2.06. The molecule has 0 atom stereocenters. The van der Waals surface area contributed by atoms with Crippen molar-refractivity contribution in [2.45, 2.75) is 6.42 Å². The van der Waals surface area contributed by atoms with E-state index in [1.807, 2.05) is 0 Å². The zero-order valence-corrected chi connectivity index (χ0v) is 9.94. The van der Waals surface area contributed by atoms with E-state index in [0.717, 1.165) is 0 Å². The number of halogens is 1. The normalized spacial score (nSPS) is 9.67. The van der Waals surface area contributed by atoms with E-state index in [1.165, 1.54) is 25.3 Å². The maximum Gasteiger partial charge on any atom is 0.325 e. The Hall–Kier alpha value is -2.11. The van der Waals surface area contributed by atoms with E-state index in [2.05, 4.69) is 10.1 Å². The summed E-state index contributed by atoms with van der Waals surface area (Å²) >= 11 is 0. The first-order chi connectivity index (χ1) is 8.61. The van der Waals surface area contributed by atoms with Gasteiger partial charge < -0.3 is 14.8 Å². The lowest BCUT2D eigenvalue weighted by molar-refractivity contribution is -0.141. The Kier molecular flexibility index (Phi) is 5.63. The van der Waals surface area contributed by atoms with Gasteiger partial charge in [0, 0.05) is 6.07 Å². The second-order valence-electron chi connectivity index (χ2n) is 3.41. The average Bonchev–Trinajstić information content (AvgIpc) is 2.36. The molecule has 18 heavy (non-hydrogen) atoms. The van der Waals surface area contributed by atoms with Crippen LogP contribution in [0.25, 0.3) is 0 Å². The monoisotopic (exact) mass is 255 g/mol. The van der Waals surface area contributed by atoms with Gasteiger partial charge in [-0.1, -0.05) is 6.07 Å². The molecule has 1 aromatic rings. The van der Waals surface area contributed by atoms with Crippen LogP contribution in [0.3, 0.4) is 0 Å². The molecule has 0 unspecified atom stereocenters. The summed E-state index contributed by atoms with van der Waals surface area (Å²) in [5.74, 6) is -0.899. The van der Waals surface area contributed by atoms with Crippen LogP contribution >= 0.6 is 0 Å². The Morgan fingerprint density at radius 3 is 2.83 bits per heavy atom. The first-order valence-corrected chi connectivity index (χ1v) is 5.33. The number of rotatable bonds is 6. The molecule has 6 heteroatoms. The second-order valence-corrected chi connectivity index (χ2v) is 3.41. The van der Waals surface area contributed by atoms with Crippen LogP contribution < -0.4 is 10.1 Å². The predicted octanol–water partition coefficient (Wildman–Crippen LogP) is 0.884. The number of benzene rings is 1. The number of hydrogen-bond donors (Lipinski definition) is 1. The molecular formula is C12H14FNO4. The minimum absolute atomic E-state index is 0.0769. The third-order valence-electron chi connectivity index (χ3n) is 2.05. The van der Waals surface area contributed by atoms with E-state index in [-0.39, 0.29) is 25.5 Å². The van der Waals surface area contributed by atoms with Crippen molar-refractivity contribution in [3.8, 4) is 5.75 Å². The summed E-state index contributed by atoms with van der Waals surface area (Å²) in [6, 6.07) is 5.64. The molecule has 1 rings (SSSR count). The molecule has 0 fully saturated rings. The zero-order chi connectivity index (χ0) is 13.4. The Labute approximate surface area is 104 Å². The fourth-order valence-corrected chi connectivity index (χ4v) is 1.15. The van der Waals surface area contributed by atoms with Gasteiger partial charge in [0.15, 0.2) is 0 Å². The van der Waals surface area contributed by atoms with Crippen molar-refractivity contribution in [1.82, 2.24) is 5.32 Å². The van der Waals surface area contributed by atoms with Gasteiger partial charge >= 0.3 is 5.97 Å². The van der Waals surface area contributed by atoms with Crippen LogP contribution in [0.4, 0.5) is 4.39 Å². The number of methoxy groups -OCH3 is 1. The topological polar surface area (TPSA) is 64.6 Å². The van der Waals surface area contributed by atoms with Crippen molar-refractivity contribution < 1.29 is 23.5 Å². The Morgan fingerprint density at radius 2 is 2.17 bits per heavy atom. The van der Waals surface area contributed by atoms with E-state index in [4.69, 9.17) is 4.74 Å². The van der Waals surface area contributed by atoms with Crippen LogP contribution in [-0.4, -0.2) is 32.1 Å². The predicted molar refractivity (Wildman–Crippen MR) is 61.5 cm³/mol. The number of carbonyl (C=O) groups is 2. The molecule has 0 saturated heterocycles. The van der Waals surface area contributed by atoms with Gasteiger partial charge in [-0.25, -0.2) is 4.39 Å². The molecule has 5 nitrogen and oxygen atoms in total. The Morgan fingerprint density at radius 1 is 1.39 bits per heavy atom. The van der Waals surface area contributed by atoms with Crippen LogP contribution in [0.5, 0.6) is 5.75 Å². The SMILES string of the molecule is COC(=O)CNC(=O)CCOc1cccc(F)c1. The minimum atomic E-state index is -0.519.